The summed E-state index contributed by atoms with van der Waals surface area (Å²) in [5.41, 5.74) is 2.48. The third-order valence-electron chi connectivity index (χ3n) is 4.41. The van der Waals surface area contributed by atoms with Crippen LogP contribution in [0.1, 0.15) is 30.1 Å². The lowest BCUT2D eigenvalue weighted by molar-refractivity contribution is 0.000722. The highest BCUT2D eigenvalue weighted by Crippen LogP contribution is 2.29. The molecule has 0 saturated heterocycles. The zero-order valence-corrected chi connectivity index (χ0v) is 14.3. The maximum Gasteiger partial charge on any atom is 0.118 e. The highest BCUT2D eigenvalue weighted by molar-refractivity contribution is 5.31. The zero-order valence-electron chi connectivity index (χ0n) is 14.3. The predicted octanol–water partition coefficient (Wildman–Crippen LogP) is 4.72. The van der Waals surface area contributed by atoms with Crippen LogP contribution < -0.4 is 9.47 Å². The lowest BCUT2D eigenvalue weighted by Crippen LogP contribution is -2.19. The lowest BCUT2D eigenvalue weighted by Gasteiger charge is -2.26. The molecule has 2 aromatic rings. The Bertz CT molecular complexity index is 658. The average molecular weight is 324 g/mol. The second kappa shape index (κ2) is 8.02. The van der Waals surface area contributed by atoms with Gasteiger partial charge in [-0.05, 0) is 54.7 Å². The van der Waals surface area contributed by atoms with Crippen molar-refractivity contribution in [3.8, 4) is 11.5 Å². The zero-order chi connectivity index (χ0) is 16.8. The Morgan fingerprint density at radius 2 is 1.54 bits per heavy atom. The minimum Gasteiger partial charge on any atom is -0.497 e. The summed E-state index contributed by atoms with van der Waals surface area (Å²) in [6.07, 6.45) is 7.67. The molecule has 0 bridgehead atoms. The van der Waals surface area contributed by atoms with Crippen LogP contribution in [-0.4, -0.2) is 20.3 Å². The van der Waals surface area contributed by atoms with E-state index in [1.807, 2.05) is 24.3 Å². The van der Waals surface area contributed by atoms with Gasteiger partial charge in [0.2, 0.25) is 0 Å². The monoisotopic (exact) mass is 324 g/mol. The first kappa shape index (κ1) is 16.6. The van der Waals surface area contributed by atoms with Crippen LogP contribution in [0.5, 0.6) is 11.5 Å². The van der Waals surface area contributed by atoms with E-state index in [4.69, 9.17) is 14.2 Å². The molecule has 0 N–H and O–H groups in total. The van der Waals surface area contributed by atoms with Crippen LogP contribution in [-0.2, 0) is 11.2 Å². The van der Waals surface area contributed by atoms with Gasteiger partial charge in [-0.3, -0.25) is 0 Å². The Kier molecular flexibility index (Phi) is 5.55. The van der Waals surface area contributed by atoms with Crippen LogP contribution in [0, 0.1) is 0 Å². The topological polar surface area (TPSA) is 27.7 Å². The van der Waals surface area contributed by atoms with Crippen LogP contribution in [0.4, 0.5) is 0 Å². The number of rotatable bonds is 6. The first-order chi connectivity index (χ1) is 11.8. The summed E-state index contributed by atoms with van der Waals surface area (Å²) in [5, 5.41) is 0. The summed E-state index contributed by atoms with van der Waals surface area (Å²) < 4.78 is 16.7. The van der Waals surface area contributed by atoms with Gasteiger partial charge in [-0.25, -0.2) is 0 Å². The van der Waals surface area contributed by atoms with Crippen molar-refractivity contribution < 1.29 is 14.2 Å². The number of aryl methyl sites for hydroxylation is 1. The van der Waals surface area contributed by atoms with Crippen LogP contribution >= 0.6 is 0 Å². The molecule has 2 aromatic carbocycles. The first-order valence-corrected chi connectivity index (χ1v) is 8.37. The fraction of sp³-hybridized carbons (Fsp3) is 0.333. The van der Waals surface area contributed by atoms with E-state index in [1.54, 1.807) is 14.2 Å². The van der Waals surface area contributed by atoms with Crippen molar-refractivity contribution in [1.29, 1.82) is 0 Å². The number of benzene rings is 2. The molecule has 0 saturated carbocycles. The van der Waals surface area contributed by atoms with Crippen LogP contribution in [0.3, 0.4) is 0 Å². The molecule has 3 nitrogen and oxygen atoms in total. The fourth-order valence-corrected chi connectivity index (χ4v) is 2.95. The molecule has 126 valence electrons. The molecule has 0 radical (unpaired) electrons. The molecule has 2 atom stereocenters. The van der Waals surface area contributed by atoms with Crippen molar-refractivity contribution in [2.45, 2.75) is 31.5 Å². The second-order valence-corrected chi connectivity index (χ2v) is 6.00. The predicted molar refractivity (Wildman–Crippen MR) is 95.7 cm³/mol. The minimum absolute atomic E-state index is 0.0329. The van der Waals surface area contributed by atoms with E-state index in [2.05, 4.69) is 36.4 Å². The Morgan fingerprint density at radius 1 is 0.917 bits per heavy atom. The molecule has 0 unspecified atom stereocenters. The van der Waals surface area contributed by atoms with Gasteiger partial charge in [-0.15, -0.1) is 0 Å². The summed E-state index contributed by atoms with van der Waals surface area (Å²) in [7, 11) is 3.37. The van der Waals surface area contributed by atoms with Crippen molar-refractivity contribution in [3.05, 3.63) is 71.8 Å². The van der Waals surface area contributed by atoms with E-state index < -0.39 is 0 Å². The first-order valence-electron chi connectivity index (χ1n) is 8.37. The molecule has 24 heavy (non-hydrogen) atoms. The molecule has 1 aliphatic rings. The van der Waals surface area contributed by atoms with Crippen LogP contribution in [0.15, 0.2) is 60.7 Å². The van der Waals surface area contributed by atoms with Crippen molar-refractivity contribution in [2.24, 2.45) is 0 Å². The van der Waals surface area contributed by atoms with Crippen molar-refractivity contribution >= 4 is 0 Å². The van der Waals surface area contributed by atoms with Gasteiger partial charge in [0.1, 0.15) is 17.6 Å². The van der Waals surface area contributed by atoms with Crippen molar-refractivity contribution in [2.75, 3.05) is 14.2 Å². The maximum absolute atomic E-state index is 6.26. The molecule has 0 amide bonds. The second-order valence-electron chi connectivity index (χ2n) is 6.00. The minimum atomic E-state index is 0.0329. The fourth-order valence-electron chi connectivity index (χ4n) is 2.95. The summed E-state index contributed by atoms with van der Waals surface area (Å²) in [5.74, 6) is 1.77. The molecular weight excluding hydrogens is 300 g/mol. The summed E-state index contributed by atoms with van der Waals surface area (Å²) >= 11 is 0. The Hall–Kier alpha value is -2.26. The molecule has 0 fully saturated rings. The third kappa shape index (κ3) is 4.18. The smallest absolute Gasteiger partial charge is 0.118 e. The van der Waals surface area contributed by atoms with Gasteiger partial charge < -0.3 is 14.2 Å². The van der Waals surface area contributed by atoms with E-state index in [1.165, 1.54) is 11.1 Å². The van der Waals surface area contributed by atoms with Gasteiger partial charge >= 0.3 is 0 Å². The summed E-state index contributed by atoms with van der Waals surface area (Å²) in [4.78, 5) is 0. The van der Waals surface area contributed by atoms with E-state index in [0.29, 0.717) is 0 Å². The van der Waals surface area contributed by atoms with Gasteiger partial charge in [0.25, 0.3) is 0 Å². The number of hydrogen-bond acceptors (Lipinski definition) is 3. The molecular formula is C21H24O3. The highest BCUT2D eigenvalue weighted by Gasteiger charge is 2.19. The largest absolute Gasteiger partial charge is 0.497 e. The molecule has 3 heteroatoms. The third-order valence-corrected chi connectivity index (χ3v) is 4.41. The van der Waals surface area contributed by atoms with Gasteiger partial charge in [0, 0.05) is 0 Å². The van der Waals surface area contributed by atoms with Crippen molar-refractivity contribution in [3.63, 3.8) is 0 Å². The quantitative estimate of drug-likeness (QED) is 0.719. The lowest BCUT2D eigenvalue weighted by atomic mass is 10.00. The standard InChI is InChI=1S/C21H24O3/c1-22-18-11-6-16(7-12-18)8-13-20-4-3-5-21(24-20)17-9-14-19(23-2)15-10-17/h3,5-7,9-12,14-15,20-21H,4,8,13H2,1-2H3/t20-,21-/m1/s1. The normalized spacial score (nSPS) is 19.9. The molecule has 0 aromatic heterocycles. The number of hydrogen-bond donors (Lipinski definition) is 0. The SMILES string of the molecule is COc1ccc(CC[C@H]2CC=C[C@H](c3ccc(OC)cc3)O2)cc1. The van der Waals surface area contributed by atoms with Gasteiger partial charge in [0.05, 0.1) is 20.3 Å². The number of methoxy groups -OCH3 is 2. The Morgan fingerprint density at radius 3 is 2.17 bits per heavy atom. The Labute approximate surface area is 143 Å². The van der Waals surface area contributed by atoms with E-state index >= 15 is 0 Å². The highest BCUT2D eigenvalue weighted by atomic mass is 16.5. The average Bonchev–Trinajstić information content (AvgIpc) is 2.67. The van der Waals surface area contributed by atoms with Gasteiger partial charge in [0.15, 0.2) is 0 Å². The Balaban J connectivity index is 1.56. The van der Waals surface area contributed by atoms with Crippen LogP contribution in [0.2, 0.25) is 0 Å². The molecule has 0 spiro atoms. The van der Waals surface area contributed by atoms with Crippen molar-refractivity contribution in [1.82, 2.24) is 0 Å². The maximum atomic E-state index is 6.26. The van der Waals surface area contributed by atoms with E-state index in [-0.39, 0.29) is 12.2 Å². The van der Waals surface area contributed by atoms with E-state index in [9.17, 15) is 0 Å². The van der Waals surface area contributed by atoms with Gasteiger partial charge in [-0.2, -0.15) is 0 Å². The molecule has 1 aliphatic heterocycles. The molecule has 3 rings (SSSR count). The molecule has 1 heterocycles. The summed E-state index contributed by atoms with van der Waals surface area (Å²) in [6, 6.07) is 16.4. The van der Waals surface area contributed by atoms with Crippen LogP contribution in [0.25, 0.3) is 0 Å². The van der Waals surface area contributed by atoms with E-state index in [0.717, 1.165) is 30.8 Å². The number of ether oxygens (including phenoxy) is 3. The summed E-state index contributed by atoms with van der Waals surface area (Å²) in [6.45, 7) is 0. The molecule has 0 aliphatic carbocycles. The van der Waals surface area contributed by atoms with Gasteiger partial charge in [-0.1, -0.05) is 36.4 Å².